The van der Waals surface area contributed by atoms with E-state index in [1.54, 1.807) is 29.6 Å². The van der Waals surface area contributed by atoms with Crippen LogP contribution in [0.2, 0.25) is 0 Å². The number of thiophene rings is 1. The van der Waals surface area contributed by atoms with Gasteiger partial charge in [-0.3, -0.25) is 4.72 Å². The highest BCUT2D eigenvalue weighted by molar-refractivity contribution is 7.94. The molecule has 5 nitrogen and oxygen atoms in total. The molecule has 0 saturated heterocycles. The van der Waals surface area contributed by atoms with Crippen molar-refractivity contribution >= 4 is 32.7 Å². The predicted molar refractivity (Wildman–Crippen MR) is 100 cm³/mol. The molecular weight excluding hydrogens is 354 g/mol. The van der Waals surface area contributed by atoms with Crippen molar-refractivity contribution in [3.05, 3.63) is 71.9 Å². The van der Waals surface area contributed by atoms with E-state index in [1.807, 2.05) is 48.0 Å². The van der Waals surface area contributed by atoms with Crippen molar-refractivity contribution in [3.8, 4) is 11.3 Å². The Morgan fingerprint density at radius 3 is 2.56 bits per heavy atom. The molecule has 0 spiro atoms. The molecule has 0 aliphatic rings. The van der Waals surface area contributed by atoms with Crippen LogP contribution in [-0.4, -0.2) is 17.8 Å². The summed E-state index contributed by atoms with van der Waals surface area (Å²) in [5.41, 5.74) is 4.33. The lowest BCUT2D eigenvalue weighted by Crippen LogP contribution is -2.11. The van der Waals surface area contributed by atoms with Gasteiger partial charge >= 0.3 is 0 Å². The molecule has 0 aliphatic carbocycles. The Labute approximate surface area is 149 Å². The first-order valence-corrected chi connectivity index (χ1v) is 10.0. The number of nitrogens with zero attached hydrogens (tertiary/aromatic N) is 2. The lowest BCUT2D eigenvalue weighted by Gasteiger charge is -2.06. The molecule has 0 amide bonds. The number of anilines is 1. The normalized spacial score (nSPS) is 11.7. The summed E-state index contributed by atoms with van der Waals surface area (Å²) in [6, 6.07) is 14.5. The third kappa shape index (κ3) is 3.04. The molecule has 1 N–H and O–H groups in total. The first-order valence-electron chi connectivity index (χ1n) is 7.64. The summed E-state index contributed by atoms with van der Waals surface area (Å²) in [6.45, 7) is 2.02. The van der Waals surface area contributed by atoms with Gasteiger partial charge in [0.2, 0.25) is 0 Å². The van der Waals surface area contributed by atoms with E-state index in [9.17, 15) is 8.42 Å². The van der Waals surface area contributed by atoms with E-state index in [2.05, 4.69) is 9.71 Å². The van der Waals surface area contributed by atoms with Crippen LogP contribution in [0.3, 0.4) is 0 Å². The van der Waals surface area contributed by atoms with E-state index in [-0.39, 0.29) is 0 Å². The van der Waals surface area contributed by atoms with Gasteiger partial charge in [-0.15, -0.1) is 11.3 Å². The van der Waals surface area contributed by atoms with Gasteiger partial charge < -0.3 is 4.40 Å². The fraction of sp³-hybridized carbons (Fsp3) is 0.0556. The standard InChI is InChI=1S/C18H15N3O2S2/c1-13-4-2-10-21-12-16(19-18(13)21)14-6-8-15(9-7-14)20-25(22,23)17-5-3-11-24-17/h2-12,20H,1H3. The van der Waals surface area contributed by atoms with Crippen molar-refractivity contribution in [1.82, 2.24) is 9.38 Å². The molecule has 0 aliphatic heterocycles. The minimum absolute atomic E-state index is 0.299. The summed E-state index contributed by atoms with van der Waals surface area (Å²) in [6.07, 6.45) is 3.93. The van der Waals surface area contributed by atoms with Gasteiger partial charge in [0.05, 0.1) is 5.69 Å². The Morgan fingerprint density at radius 1 is 1.08 bits per heavy atom. The SMILES string of the molecule is Cc1cccn2cc(-c3ccc(NS(=O)(=O)c4cccs4)cc3)nc12. The Morgan fingerprint density at radius 2 is 1.88 bits per heavy atom. The minimum atomic E-state index is -3.52. The third-order valence-electron chi connectivity index (χ3n) is 3.87. The zero-order valence-electron chi connectivity index (χ0n) is 13.4. The van der Waals surface area contributed by atoms with Crippen molar-refractivity contribution in [2.24, 2.45) is 0 Å². The predicted octanol–water partition coefficient (Wildman–Crippen LogP) is 4.17. The van der Waals surface area contributed by atoms with E-state index in [0.29, 0.717) is 9.90 Å². The van der Waals surface area contributed by atoms with E-state index >= 15 is 0 Å². The van der Waals surface area contributed by atoms with Crippen LogP contribution in [0.25, 0.3) is 16.9 Å². The highest BCUT2D eigenvalue weighted by Crippen LogP contribution is 2.24. The number of imidazole rings is 1. The molecule has 0 bridgehead atoms. The number of pyridine rings is 1. The van der Waals surface area contributed by atoms with Gasteiger partial charge in [-0.05, 0) is 42.1 Å². The zero-order valence-corrected chi connectivity index (χ0v) is 15.0. The number of aromatic nitrogens is 2. The third-order valence-corrected chi connectivity index (χ3v) is 6.65. The molecule has 4 aromatic rings. The number of hydrogen-bond donors (Lipinski definition) is 1. The van der Waals surface area contributed by atoms with Crippen LogP contribution in [0.15, 0.2) is 70.5 Å². The van der Waals surface area contributed by atoms with Crippen LogP contribution in [-0.2, 0) is 10.0 Å². The lowest BCUT2D eigenvalue weighted by molar-refractivity contribution is 0.603. The minimum Gasteiger partial charge on any atom is -0.306 e. The highest BCUT2D eigenvalue weighted by Gasteiger charge is 2.15. The maximum atomic E-state index is 12.3. The molecule has 126 valence electrons. The summed E-state index contributed by atoms with van der Waals surface area (Å²) < 4.78 is 29.4. The average molecular weight is 369 g/mol. The van der Waals surface area contributed by atoms with Crippen molar-refractivity contribution in [2.45, 2.75) is 11.1 Å². The molecule has 0 unspecified atom stereocenters. The number of hydrogen-bond acceptors (Lipinski definition) is 4. The quantitative estimate of drug-likeness (QED) is 0.587. The van der Waals surface area contributed by atoms with Crippen molar-refractivity contribution in [2.75, 3.05) is 4.72 Å². The number of nitrogens with one attached hydrogen (secondary N) is 1. The van der Waals surface area contributed by atoms with Gasteiger partial charge in [-0.2, -0.15) is 0 Å². The van der Waals surface area contributed by atoms with Gasteiger partial charge in [0.25, 0.3) is 10.0 Å². The summed E-state index contributed by atoms with van der Waals surface area (Å²) in [4.78, 5) is 4.65. The average Bonchev–Trinajstić information content (AvgIpc) is 3.26. The second kappa shape index (κ2) is 6.02. The van der Waals surface area contributed by atoms with Crippen LogP contribution < -0.4 is 4.72 Å². The number of sulfonamides is 1. The number of benzene rings is 1. The Hall–Kier alpha value is -2.64. The number of rotatable bonds is 4. The van der Waals surface area contributed by atoms with Crippen LogP contribution in [0, 0.1) is 6.92 Å². The fourth-order valence-electron chi connectivity index (χ4n) is 2.62. The van der Waals surface area contributed by atoms with Crippen LogP contribution in [0.4, 0.5) is 5.69 Å². The molecule has 3 aromatic heterocycles. The Balaban J connectivity index is 1.62. The summed E-state index contributed by atoms with van der Waals surface area (Å²) in [7, 11) is -3.52. The van der Waals surface area contributed by atoms with E-state index < -0.39 is 10.0 Å². The molecule has 3 heterocycles. The monoisotopic (exact) mass is 369 g/mol. The lowest BCUT2D eigenvalue weighted by atomic mass is 10.1. The molecule has 0 saturated carbocycles. The topological polar surface area (TPSA) is 63.5 Å². The van der Waals surface area contributed by atoms with Gasteiger partial charge in [-0.1, -0.05) is 24.3 Å². The van der Waals surface area contributed by atoms with E-state index in [4.69, 9.17) is 0 Å². The van der Waals surface area contributed by atoms with Gasteiger partial charge in [0.15, 0.2) is 0 Å². The van der Waals surface area contributed by atoms with E-state index in [0.717, 1.165) is 22.5 Å². The van der Waals surface area contributed by atoms with Crippen molar-refractivity contribution in [3.63, 3.8) is 0 Å². The Kier molecular flexibility index (Phi) is 3.82. The molecule has 0 fully saturated rings. The first kappa shape index (κ1) is 15.9. The first-order chi connectivity index (χ1) is 12.0. The van der Waals surface area contributed by atoms with Gasteiger partial charge in [-0.25, -0.2) is 13.4 Å². The maximum absolute atomic E-state index is 12.3. The van der Waals surface area contributed by atoms with Crippen LogP contribution in [0.1, 0.15) is 5.56 Å². The maximum Gasteiger partial charge on any atom is 0.271 e. The molecule has 4 rings (SSSR count). The highest BCUT2D eigenvalue weighted by atomic mass is 32.2. The second-order valence-corrected chi connectivity index (χ2v) is 8.52. The molecule has 25 heavy (non-hydrogen) atoms. The molecule has 7 heteroatoms. The number of aryl methyl sites for hydroxylation is 1. The smallest absolute Gasteiger partial charge is 0.271 e. The molecule has 0 atom stereocenters. The van der Waals surface area contributed by atoms with Crippen LogP contribution in [0.5, 0.6) is 0 Å². The van der Waals surface area contributed by atoms with Gasteiger partial charge in [0, 0.05) is 23.6 Å². The molecule has 1 aromatic carbocycles. The summed E-state index contributed by atoms with van der Waals surface area (Å²) in [5.74, 6) is 0. The zero-order chi connectivity index (χ0) is 17.4. The second-order valence-electron chi connectivity index (χ2n) is 5.66. The summed E-state index contributed by atoms with van der Waals surface area (Å²) >= 11 is 1.19. The fourth-order valence-corrected chi connectivity index (χ4v) is 4.68. The van der Waals surface area contributed by atoms with Crippen molar-refractivity contribution in [1.29, 1.82) is 0 Å². The number of fused-ring (bicyclic) bond motifs is 1. The molecular formula is C18H15N3O2S2. The largest absolute Gasteiger partial charge is 0.306 e. The Bertz CT molecular complexity index is 1130. The summed E-state index contributed by atoms with van der Waals surface area (Å²) in [5, 5.41) is 1.74. The molecule has 0 radical (unpaired) electrons. The van der Waals surface area contributed by atoms with E-state index in [1.165, 1.54) is 11.3 Å². The van der Waals surface area contributed by atoms with Gasteiger partial charge in [0.1, 0.15) is 9.86 Å². The van der Waals surface area contributed by atoms with Crippen LogP contribution >= 0.6 is 11.3 Å². The van der Waals surface area contributed by atoms with Crippen molar-refractivity contribution < 1.29 is 8.42 Å².